The minimum atomic E-state index is -0.828. The SMILES string of the molecule is Cc1ccc(C2(c3ccc(C)cc3)OC(=O)C3CNCCN32)cc1. The molecule has 0 saturated carbocycles. The van der Waals surface area contributed by atoms with Crippen LogP contribution in [0, 0.1) is 13.8 Å². The van der Waals surface area contributed by atoms with Crippen molar-refractivity contribution in [3.8, 4) is 0 Å². The molecule has 2 aromatic carbocycles. The van der Waals surface area contributed by atoms with Crippen LogP contribution in [0.15, 0.2) is 48.5 Å². The van der Waals surface area contributed by atoms with Crippen molar-refractivity contribution in [2.45, 2.75) is 25.6 Å². The molecule has 2 aromatic rings. The molecule has 124 valence electrons. The molecule has 1 atom stereocenters. The fourth-order valence-corrected chi connectivity index (χ4v) is 3.74. The highest BCUT2D eigenvalue weighted by molar-refractivity contribution is 5.80. The van der Waals surface area contributed by atoms with Gasteiger partial charge in [0.2, 0.25) is 5.72 Å². The van der Waals surface area contributed by atoms with Gasteiger partial charge in [0.25, 0.3) is 0 Å². The van der Waals surface area contributed by atoms with E-state index in [1.807, 2.05) is 0 Å². The van der Waals surface area contributed by atoms with Gasteiger partial charge in [-0.15, -0.1) is 0 Å². The van der Waals surface area contributed by atoms with Crippen LogP contribution in [0.3, 0.4) is 0 Å². The van der Waals surface area contributed by atoms with Gasteiger partial charge in [-0.05, 0) is 13.8 Å². The summed E-state index contributed by atoms with van der Waals surface area (Å²) in [6, 6.07) is 16.4. The summed E-state index contributed by atoms with van der Waals surface area (Å²) in [6.07, 6.45) is 0. The lowest BCUT2D eigenvalue weighted by Crippen LogP contribution is -2.56. The summed E-state index contributed by atoms with van der Waals surface area (Å²) < 4.78 is 6.09. The van der Waals surface area contributed by atoms with Gasteiger partial charge in [-0.3, -0.25) is 4.79 Å². The number of carbonyl (C=O) groups excluding carboxylic acids is 1. The molecule has 2 fully saturated rings. The number of hydrogen-bond acceptors (Lipinski definition) is 4. The maximum Gasteiger partial charge on any atom is 0.327 e. The van der Waals surface area contributed by atoms with Gasteiger partial charge < -0.3 is 10.1 Å². The van der Waals surface area contributed by atoms with E-state index >= 15 is 0 Å². The van der Waals surface area contributed by atoms with Gasteiger partial charge in [0, 0.05) is 30.8 Å². The summed E-state index contributed by atoms with van der Waals surface area (Å²) in [5, 5.41) is 3.30. The summed E-state index contributed by atoms with van der Waals surface area (Å²) in [4.78, 5) is 14.8. The van der Waals surface area contributed by atoms with Crippen molar-refractivity contribution in [1.82, 2.24) is 10.2 Å². The standard InChI is InChI=1S/C20H22N2O2/c1-14-3-7-16(8-4-14)20(17-9-5-15(2)6-10-17)22-12-11-21-13-18(22)19(23)24-20/h3-10,18,21H,11-13H2,1-2H3. The Kier molecular flexibility index (Phi) is 3.66. The molecule has 2 saturated heterocycles. The largest absolute Gasteiger partial charge is 0.434 e. The van der Waals surface area contributed by atoms with E-state index in [9.17, 15) is 4.79 Å². The molecule has 1 N–H and O–H groups in total. The Labute approximate surface area is 142 Å². The number of aryl methyl sites for hydroxylation is 2. The number of benzene rings is 2. The summed E-state index contributed by atoms with van der Waals surface area (Å²) in [5.41, 5.74) is 3.58. The number of carbonyl (C=O) groups is 1. The number of piperazine rings is 1. The minimum Gasteiger partial charge on any atom is -0.434 e. The third kappa shape index (κ3) is 2.26. The summed E-state index contributed by atoms with van der Waals surface area (Å²) in [5.74, 6) is -0.150. The number of nitrogens with one attached hydrogen (secondary N) is 1. The van der Waals surface area contributed by atoms with Crippen molar-refractivity contribution in [2.75, 3.05) is 19.6 Å². The molecule has 0 aliphatic carbocycles. The highest BCUT2D eigenvalue weighted by Gasteiger charge is 2.56. The summed E-state index contributed by atoms with van der Waals surface area (Å²) in [7, 11) is 0. The zero-order valence-electron chi connectivity index (χ0n) is 14.1. The van der Waals surface area contributed by atoms with E-state index in [-0.39, 0.29) is 12.0 Å². The second-order valence-corrected chi connectivity index (χ2v) is 6.71. The minimum absolute atomic E-state index is 0.150. The molecular weight excluding hydrogens is 300 g/mol. The molecule has 0 radical (unpaired) electrons. The van der Waals surface area contributed by atoms with Gasteiger partial charge in [0.15, 0.2) is 0 Å². The predicted octanol–water partition coefficient (Wildman–Crippen LogP) is 2.34. The first-order chi connectivity index (χ1) is 11.6. The Morgan fingerprint density at radius 1 is 1.00 bits per heavy atom. The van der Waals surface area contributed by atoms with Crippen LogP contribution in [0.4, 0.5) is 0 Å². The molecule has 0 spiro atoms. The first kappa shape index (κ1) is 15.4. The fraction of sp³-hybridized carbons (Fsp3) is 0.350. The quantitative estimate of drug-likeness (QED) is 0.862. The first-order valence-corrected chi connectivity index (χ1v) is 8.46. The number of esters is 1. The van der Waals surface area contributed by atoms with Crippen LogP contribution in [0.25, 0.3) is 0 Å². The predicted molar refractivity (Wildman–Crippen MR) is 92.6 cm³/mol. The molecule has 24 heavy (non-hydrogen) atoms. The summed E-state index contributed by atoms with van der Waals surface area (Å²) >= 11 is 0. The van der Waals surface area contributed by atoms with Crippen molar-refractivity contribution in [3.63, 3.8) is 0 Å². The van der Waals surface area contributed by atoms with E-state index in [0.29, 0.717) is 6.54 Å². The number of ether oxygens (including phenoxy) is 1. The van der Waals surface area contributed by atoms with Crippen molar-refractivity contribution in [2.24, 2.45) is 0 Å². The van der Waals surface area contributed by atoms with Gasteiger partial charge in [-0.1, -0.05) is 59.7 Å². The maximum absolute atomic E-state index is 12.6. The van der Waals surface area contributed by atoms with E-state index in [1.54, 1.807) is 0 Å². The highest BCUT2D eigenvalue weighted by atomic mass is 16.6. The Morgan fingerprint density at radius 3 is 2.08 bits per heavy atom. The molecular formula is C20H22N2O2. The second-order valence-electron chi connectivity index (χ2n) is 6.71. The molecule has 0 bridgehead atoms. The van der Waals surface area contributed by atoms with Gasteiger partial charge in [0.05, 0.1) is 0 Å². The van der Waals surface area contributed by atoms with E-state index < -0.39 is 5.72 Å². The van der Waals surface area contributed by atoms with Crippen LogP contribution >= 0.6 is 0 Å². The Hall–Kier alpha value is -2.17. The van der Waals surface area contributed by atoms with Crippen LogP contribution in [0.2, 0.25) is 0 Å². The van der Waals surface area contributed by atoms with Crippen LogP contribution in [0.5, 0.6) is 0 Å². The molecule has 1 unspecified atom stereocenters. The van der Waals surface area contributed by atoms with Gasteiger partial charge >= 0.3 is 5.97 Å². The smallest absolute Gasteiger partial charge is 0.327 e. The lowest BCUT2D eigenvalue weighted by molar-refractivity contribution is -0.149. The Balaban J connectivity index is 1.91. The van der Waals surface area contributed by atoms with Crippen molar-refractivity contribution in [1.29, 1.82) is 0 Å². The van der Waals surface area contributed by atoms with Crippen molar-refractivity contribution in [3.05, 3.63) is 70.8 Å². The molecule has 4 rings (SSSR count). The Bertz CT molecular complexity index is 707. The molecule has 4 heteroatoms. The van der Waals surface area contributed by atoms with Crippen LogP contribution in [-0.2, 0) is 15.3 Å². The molecule has 0 amide bonds. The zero-order valence-corrected chi connectivity index (χ0v) is 14.1. The molecule has 2 heterocycles. The summed E-state index contributed by atoms with van der Waals surface area (Å²) in [6.45, 7) is 6.40. The lowest BCUT2D eigenvalue weighted by atomic mass is 9.90. The third-order valence-corrected chi connectivity index (χ3v) is 5.05. The third-order valence-electron chi connectivity index (χ3n) is 5.05. The lowest BCUT2D eigenvalue weighted by Gasteiger charge is -2.40. The van der Waals surface area contributed by atoms with E-state index in [4.69, 9.17) is 4.74 Å². The highest BCUT2D eigenvalue weighted by Crippen LogP contribution is 2.44. The molecule has 0 aromatic heterocycles. The fourth-order valence-electron chi connectivity index (χ4n) is 3.74. The number of nitrogens with zero attached hydrogens (tertiary/aromatic N) is 1. The van der Waals surface area contributed by atoms with Gasteiger partial charge in [-0.2, -0.15) is 0 Å². The normalized spacial score (nSPS) is 22.9. The van der Waals surface area contributed by atoms with Crippen LogP contribution in [-0.4, -0.2) is 36.5 Å². The van der Waals surface area contributed by atoms with E-state index in [1.165, 1.54) is 11.1 Å². The Morgan fingerprint density at radius 2 is 1.54 bits per heavy atom. The van der Waals surface area contributed by atoms with E-state index in [2.05, 4.69) is 72.6 Å². The van der Waals surface area contributed by atoms with E-state index in [0.717, 1.165) is 24.2 Å². The topological polar surface area (TPSA) is 41.6 Å². The monoisotopic (exact) mass is 322 g/mol. The molecule has 2 aliphatic rings. The number of rotatable bonds is 2. The van der Waals surface area contributed by atoms with Gasteiger partial charge in [-0.25, -0.2) is 4.90 Å². The maximum atomic E-state index is 12.6. The number of fused-ring (bicyclic) bond motifs is 1. The van der Waals surface area contributed by atoms with Gasteiger partial charge in [0.1, 0.15) is 6.04 Å². The average molecular weight is 322 g/mol. The number of cyclic esters (lactones) is 1. The average Bonchev–Trinajstić information content (AvgIpc) is 2.91. The van der Waals surface area contributed by atoms with Crippen LogP contribution < -0.4 is 5.32 Å². The second kappa shape index (κ2) is 5.72. The molecule has 4 nitrogen and oxygen atoms in total. The van der Waals surface area contributed by atoms with Crippen LogP contribution in [0.1, 0.15) is 22.3 Å². The van der Waals surface area contributed by atoms with Crippen molar-refractivity contribution >= 4 is 5.97 Å². The van der Waals surface area contributed by atoms with Crippen molar-refractivity contribution < 1.29 is 9.53 Å². The first-order valence-electron chi connectivity index (χ1n) is 8.46. The molecule has 2 aliphatic heterocycles. The zero-order chi connectivity index (χ0) is 16.7. The number of hydrogen-bond donors (Lipinski definition) is 1.